The smallest absolute Gasteiger partial charge is 0.243 e. The maximum absolute atomic E-state index is 12.7. The zero-order valence-corrected chi connectivity index (χ0v) is 13.9. The monoisotopic (exact) mass is 319 g/mol. The van der Waals surface area contributed by atoms with Gasteiger partial charge in [-0.25, -0.2) is 8.42 Å². The van der Waals surface area contributed by atoms with E-state index in [0.29, 0.717) is 29.2 Å². The van der Waals surface area contributed by atoms with Crippen molar-refractivity contribution in [2.75, 3.05) is 13.1 Å². The minimum atomic E-state index is -3.59. The summed E-state index contributed by atoms with van der Waals surface area (Å²) in [7, 11) is -3.59. The number of hydrogen-bond acceptors (Lipinski definition) is 3. The summed E-state index contributed by atoms with van der Waals surface area (Å²) >= 11 is 5.97. The molecule has 0 radical (unpaired) electrons. The lowest BCUT2D eigenvalue weighted by Crippen LogP contribution is -2.34. The largest absolute Gasteiger partial charge is 0.392 e. The second-order valence-electron chi connectivity index (χ2n) is 5.20. The van der Waals surface area contributed by atoms with Crippen LogP contribution >= 0.6 is 11.6 Å². The molecular weight excluding hydrogens is 298 g/mol. The second kappa shape index (κ2) is 6.89. The molecule has 0 aromatic heterocycles. The molecule has 0 spiro atoms. The minimum Gasteiger partial charge on any atom is -0.392 e. The maximum Gasteiger partial charge on any atom is 0.243 e. The molecule has 4 nitrogen and oxygen atoms in total. The van der Waals surface area contributed by atoms with Gasteiger partial charge < -0.3 is 5.11 Å². The molecule has 0 aliphatic heterocycles. The van der Waals surface area contributed by atoms with E-state index in [1.54, 1.807) is 13.0 Å². The van der Waals surface area contributed by atoms with Crippen LogP contribution in [0.25, 0.3) is 0 Å². The molecular formula is C14H22ClNO3S. The Morgan fingerprint density at radius 1 is 1.35 bits per heavy atom. The third-order valence-corrected chi connectivity index (χ3v) is 5.43. The van der Waals surface area contributed by atoms with E-state index in [-0.39, 0.29) is 17.4 Å². The van der Waals surface area contributed by atoms with E-state index in [2.05, 4.69) is 0 Å². The summed E-state index contributed by atoms with van der Waals surface area (Å²) in [5.74, 6) is 0.238. The van der Waals surface area contributed by atoms with Crippen molar-refractivity contribution in [3.63, 3.8) is 0 Å². The third kappa shape index (κ3) is 3.73. The van der Waals surface area contributed by atoms with Gasteiger partial charge in [0, 0.05) is 18.1 Å². The molecule has 0 saturated heterocycles. The lowest BCUT2D eigenvalue weighted by molar-refractivity contribution is 0.280. The van der Waals surface area contributed by atoms with Crippen LogP contribution in [-0.2, 0) is 16.6 Å². The number of benzene rings is 1. The number of aliphatic hydroxyl groups is 1. The van der Waals surface area contributed by atoms with Crippen molar-refractivity contribution in [1.82, 2.24) is 4.31 Å². The van der Waals surface area contributed by atoms with Gasteiger partial charge >= 0.3 is 0 Å². The number of nitrogens with zero attached hydrogens (tertiary/aromatic N) is 1. The molecule has 0 atom stereocenters. The predicted molar refractivity (Wildman–Crippen MR) is 81.4 cm³/mol. The van der Waals surface area contributed by atoms with Crippen molar-refractivity contribution < 1.29 is 13.5 Å². The molecule has 0 bridgehead atoms. The summed E-state index contributed by atoms with van der Waals surface area (Å²) in [6.45, 7) is 8.08. The van der Waals surface area contributed by atoms with Crippen molar-refractivity contribution in [1.29, 1.82) is 0 Å². The molecule has 1 aromatic rings. The van der Waals surface area contributed by atoms with Crippen LogP contribution in [0.5, 0.6) is 0 Å². The van der Waals surface area contributed by atoms with Crippen LogP contribution < -0.4 is 0 Å². The van der Waals surface area contributed by atoms with Gasteiger partial charge in [-0.15, -0.1) is 0 Å². The van der Waals surface area contributed by atoms with Crippen LogP contribution in [0.2, 0.25) is 5.02 Å². The van der Waals surface area contributed by atoms with E-state index < -0.39 is 10.0 Å². The molecule has 1 N–H and O–H groups in total. The highest BCUT2D eigenvalue weighted by atomic mass is 35.5. The van der Waals surface area contributed by atoms with Gasteiger partial charge in [0.15, 0.2) is 0 Å². The fraction of sp³-hybridized carbons (Fsp3) is 0.571. The lowest BCUT2D eigenvalue weighted by Gasteiger charge is -2.24. The molecule has 1 rings (SSSR count). The first kappa shape index (κ1) is 17.4. The first-order chi connectivity index (χ1) is 9.23. The van der Waals surface area contributed by atoms with E-state index >= 15 is 0 Å². The number of sulfonamides is 1. The van der Waals surface area contributed by atoms with Gasteiger partial charge in [0.1, 0.15) is 0 Å². The Bertz CT molecular complexity index is 570. The Morgan fingerprint density at radius 2 is 1.95 bits per heavy atom. The highest BCUT2D eigenvalue weighted by Gasteiger charge is 2.26. The van der Waals surface area contributed by atoms with E-state index in [1.807, 2.05) is 20.8 Å². The van der Waals surface area contributed by atoms with Crippen LogP contribution in [0.3, 0.4) is 0 Å². The molecule has 1 aromatic carbocycles. The molecule has 114 valence electrons. The first-order valence-corrected chi connectivity index (χ1v) is 8.45. The summed E-state index contributed by atoms with van der Waals surface area (Å²) in [4.78, 5) is 0.177. The molecule has 0 aliphatic rings. The van der Waals surface area contributed by atoms with Gasteiger partial charge in [0.05, 0.1) is 11.5 Å². The van der Waals surface area contributed by atoms with Gasteiger partial charge in [-0.1, -0.05) is 32.4 Å². The summed E-state index contributed by atoms with van der Waals surface area (Å²) < 4.78 is 26.9. The zero-order valence-electron chi connectivity index (χ0n) is 12.4. The predicted octanol–water partition coefficient (Wildman–Crippen LogP) is 2.81. The standard InChI is InChI=1S/C14H22ClNO3S/c1-5-16(8-10(2)3)20(18,19)14-7-13(15)6-12(9-17)11(14)4/h6-7,10,17H,5,8-9H2,1-4H3. The van der Waals surface area contributed by atoms with Gasteiger partial charge in [-0.2, -0.15) is 4.31 Å². The Balaban J connectivity index is 3.37. The highest BCUT2D eigenvalue weighted by molar-refractivity contribution is 7.89. The number of hydrogen-bond donors (Lipinski definition) is 1. The molecule has 0 amide bonds. The molecule has 0 fully saturated rings. The second-order valence-corrected chi connectivity index (χ2v) is 7.54. The molecule has 0 heterocycles. The van der Waals surface area contributed by atoms with Crippen LogP contribution in [0.1, 0.15) is 31.9 Å². The number of rotatable bonds is 6. The Morgan fingerprint density at radius 3 is 2.40 bits per heavy atom. The summed E-state index contributed by atoms with van der Waals surface area (Å²) in [5.41, 5.74) is 1.09. The summed E-state index contributed by atoms with van der Waals surface area (Å²) in [5, 5.41) is 9.63. The Hall–Kier alpha value is -0.620. The van der Waals surface area contributed by atoms with Crippen molar-refractivity contribution in [2.45, 2.75) is 39.2 Å². The molecule has 20 heavy (non-hydrogen) atoms. The normalized spacial score (nSPS) is 12.4. The SMILES string of the molecule is CCN(CC(C)C)S(=O)(=O)c1cc(Cl)cc(CO)c1C. The lowest BCUT2D eigenvalue weighted by atomic mass is 10.1. The van der Waals surface area contributed by atoms with Crippen molar-refractivity contribution in [3.05, 3.63) is 28.3 Å². The zero-order chi connectivity index (χ0) is 15.5. The van der Waals surface area contributed by atoms with Gasteiger partial charge in [0.2, 0.25) is 10.0 Å². The molecule has 0 unspecified atom stereocenters. The van der Waals surface area contributed by atoms with Crippen LogP contribution in [-0.4, -0.2) is 30.9 Å². The van der Waals surface area contributed by atoms with Crippen molar-refractivity contribution in [3.8, 4) is 0 Å². The molecule has 0 saturated carbocycles. The Labute approximate surface area is 126 Å². The van der Waals surface area contributed by atoms with Gasteiger partial charge in [-0.3, -0.25) is 0 Å². The van der Waals surface area contributed by atoms with Crippen molar-refractivity contribution in [2.24, 2.45) is 5.92 Å². The van der Waals surface area contributed by atoms with Crippen LogP contribution in [0.15, 0.2) is 17.0 Å². The van der Waals surface area contributed by atoms with Crippen molar-refractivity contribution >= 4 is 21.6 Å². The average Bonchev–Trinajstić information content (AvgIpc) is 2.37. The highest BCUT2D eigenvalue weighted by Crippen LogP contribution is 2.27. The van der Waals surface area contributed by atoms with E-state index in [4.69, 9.17) is 11.6 Å². The van der Waals surface area contributed by atoms with E-state index in [9.17, 15) is 13.5 Å². The van der Waals surface area contributed by atoms with Gasteiger partial charge in [-0.05, 0) is 36.1 Å². The maximum atomic E-state index is 12.7. The Kier molecular flexibility index (Phi) is 6.01. The fourth-order valence-corrected chi connectivity index (χ4v) is 4.30. The van der Waals surface area contributed by atoms with Crippen LogP contribution in [0, 0.1) is 12.8 Å². The summed E-state index contributed by atoms with van der Waals surface area (Å²) in [6.07, 6.45) is 0. The van der Waals surface area contributed by atoms with E-state index in [1.165, 1.54) is 10.4 Å². The average molecular weight is 320 g/mol. The third-order valence-electron chi connectivity index (χ3n) is 3.14. The van der Waals surface area contributed by atoms with Gasteiger partial charge in [0.25, 0.3) is 0 Å². The fourth-order valence-electron chi connectivity index (χ4n) is 2.08. The number of halogens is 1. The molecule has 6 heteroatoms. The quantitative estimate of drug-likeness (QED) is 0.877. The topological polar surface area (TPSA) is 57.6 Å². The first-order valence-electron chi connectivity index (χ1n) is 6.64. The van der Waals surface area contributed by atoms with Crippen LogP contribution in [0.4, 0.5) is 0 Å². The molecule has 0 aliphatic carbocycles. The number of aliphatic hydroxyl groups excluding tert-OH is 1. The van der Waals surface area contributed by atoms with E-state index in [0.717, 1.165) is 0 Å². The minimum absolute atomic E-state index is 0.177. The summed E-state index contributed by atoms with van der Waals surface area (Å²) in [6, 6.07) is 3.04.